The van der Waals surface area contributed by atoms with E-state index in [0.29, 0.717) is 12.0 Å². The second-order valence-electron chi connectivity index (χ2n) is 6.20. The third kappa shape index (κ3) is 2.98. The first kappa shape index (κ1) is 13.1. The molecule has 1 spiro atoms. The summed E-state index contributed by atoms with van der Waals surface area (Å²) in [6.45, 7) is 0.910. The van der Waals surface area contributed by atoms with Gasteiger partial charge in [-0.2, -0.15) is 0 Å². The van der Waals surface area contributed by atoms with E-state index in [1.807, 2.05) is 12.4 Å². The molecule has 2 N–H and O–H groups in total. The Morgan fingerprint density at radius 3 is 2.84 bits per heavy atom. The molecule has 0 radical (unpaired) electrons. The van der Waals surface area contributed by atoms with Gasteiger partial charge in [-0.25, -0.2) is 0 Å². The van der Waals surface area contributed by atoms with Crippen molar-refractivity contribution >= 4 is 0 Å². The summed E-state index contributed by atoms with van der Waals surface area (Å²) in [6.07, 6.45) is 12.0. The molecule has 2 aliphatic rings. The monoisotopic (exact) mass is 260 g/mol. The van der Waals surface area contributed by atoms with E-state index in [9.17, 15) is 0 Å². The predicted molar refractivity (Wildman–Crippen MR) is 75.8 cm³/mol. The van der Waals surface area contributed by atoms with Gasteiger partial charge in [-0.1, -0.05) is 0 Å². The fourth-order valence-electron chi connectivity index (χ4n) is 3.47. The Bertz CT molecular complexity index is 402. The van der Waals surface area contributed by atoms with E-state index < -0.39 is 0 Å². The molecule has 0 aromatic carbocycles. The molecule has 2 atom stereocenters. The summed E-state index contributed by atoms with van der Waals surface area (Å²) >= 11 is 0. The summed E-state index contributed by atoms with van der Waals surface area (Å²) in [5.41, 5.74) is 7.99. The molecule has 0 amide bonds. The number of pyridine rings is 1. The molecule has 3 rings (SSSR count). The van der Waals surface area contributed by atoms with Crippen molar-refractivity contribution in [3.8, 4) is 0 Å². The van der Waals surface area contributed by atoms with Crippen LogP contribution in [0, 0.1) is 5.92 Å². The van der Waals surface area contributed by atoms with Gasteiger partial charge < -0.3 is 10.5 Å². The van der Waals surface area contributed by atoms with Crippen LogP contribution in [-0.4, -0.2) is 23.2 Å². The average Bonchev–Trinajstić information content (AvgIpc) is 2.44. The molecular formula is C16H24N2O. The van der Waals surface area contributed by atoms with Crippen LogP contribution in [0.25, 0.3) is 0 Å². The number of nitrogens with zero attached hydrogens (tertiary/aromatic N) is 1. The van der Waals surface area contributed by atoms with Gasteiger partial charge in [-0.15, -0.1) is 0 Å². The highest BCUT2D eigenvalue weighted by Gasteiger charge is 2.43. The normalized spacial score (nSPS) is 26.9. The van der Waals surface area contributed by atoms with Crippen molar-refractivity contribution in [1.29, 1.82) is 0 Å². The molecule has 1 saturated carbocycles. The zero-order valence-electron chi connectivity index (χ0n) is 11.6. The van der Waals surface area contributed by atoms with Crippen molar-refractivity contribution in [3.63, 3.8) is 0 Å². The van der Waals surface area contributed by atoms with Gasteiger partial charge >= 0.3 is 0 Å². The van der Waals surface area contributed by atoms with Crippen molar-refractivity contribution in [2.24, 2.45) is 11.7 Å². The fraction of sp³-hybridized carbons (Fsp3) is 0.688. The van der Waals surface area contributed by atoms with E-state index in [-0.39, 0.29) is 5.60 Å². The Hall–Kier alpha value is -0.930. The first-order chi connectivity index (χ1) is 9.27. The van der Waals surface area contributed by atoms with Crippen molar-refractivity contribution in [2.75, 3.05) is 6.61 Å². The van der Waals surface area contributed by atoms with Crippen LogP contribution in [0.4, 0.5) is 0 Å². The van der Waals surface area contributed by atoms with E-state index in [1.54, 1.807) is 0 Å². The van der Waals surface area contributed by atoms with Gasteiger partial charge in [0, 0.05) is 25.0 Å². The topological polar surface area (TPSA) is 48.1 Å². The maximum absolute atomic E-state index is 6.42. The standard InChI is InChI=1S/C16H24N2O/c17-15(3-2-13-4-9-18-10-5-13)14-6-11-19-16(12-14)7-1-8-16/h4-5,9-10,14-15H,1-3,6-8,11-12,17H2. The van der Waals surface area contributed by atoms with Crippen molar-refractivity contribution in [2.45, 2.75) is 56.6 Å². The molecule has 1 aromatic rings. The highest BCUT2D eigenvalue weighted by Crippen LogP contribution is 2.45. The van der Waals surface area contributed by atoms with Crippen LogP contribution in [-0.2, 0) is 11.2 Å². The largest absolute Gasteiger partial charge is 0.375 e. The van der Waals surface area contributed by atoms with Gasteiger partial charge in [0.1, 0.15) is 0 Å². The number of ether oxygens (including phenoxy) is 1. The van der Waals surface area contributed by atoms with Crippen molar-refractivity contribution in [1.82, 2.24) is 4.98 Å². The van der Waals surface area contributed by atoms with Gasteiger partial charge in [0.2, 0.25) is 0 Å². The molecule has 1 aliphatic carbocycles. The Balaban J connectivity index is 1.51. The van der Waals surface area contributed by atoms with Gasteiger partial charge in [-0.05, 0) is 68.6 Å². The second kappa shape index (κ2) is 5.59. The molecule has 1 aromatic heterocycles. The molecule has 2 unspecified atom stereocenters. The molecule has 1 saturated heterocycles. The lowest BCUT2D eigenvalue weighted by atomic mass is 9.70. The van der Waals surface area contributed by atoms with E-state index in [1.165, 1.54) is 31.2 Å². The van der Waals surface area contributed by atoms with E-state index >= 15 is 0 Å². The maximum atomic E-state index is 6.42. The van der Waals surface area contributed by atoms with Crippen LogP contribution in [0.2, 0.25) is 0 Å². The Morgan fingerprint density at radius 1 is 1.37 bits per heavy atom. The number of rotatable bonds is 4. The van der Waals surface area contributed by atoms with E-state index in [4.69, 9.17) is 10.5 Å². The lowest BCUT2D eigenvalue weighted by Gasteiger charge is -2.48. The average molecular weight is 260 g/mol. The Morgan fingerprint density at radius 2 is 2.16 bits per heavy atom. The predicted octanol–water partition coefficient (Wildman–Crippen LogP) is 2.69. The minimum atomic E-state index is 0.219. The van der Waals surface area contributed by atoms with Crippen LogP contribution in [0.1, 0.15) is 44.1 Å². The molecule has 19 heavy (non-hydrogen) atoms. The molecule has 3 nitrogen and oxygen atoms in total. The third-order valence-electron chi connectivity index (χ3n) is 4.92. The first-order valence-electron chi connectivity index (χ1n) is 7.56. The highest BCUT2D eigenvalue weighted by atomic mass is 16.5. The molecule has 104 valence electrons. The molecule has 0 bridgehead atoms. The molecule has 2 fully saturated rings. The van der Waals surface area contributed by atoms with Crippen molar-refractivity contribution < 1.29 is 4.74 Å². The zero-order valence-corrected chi connectivity index (χ0v) is 11.6. The second-order valence-corrected chi connectivity index (χ2v) is 6.20. The minimum absolute atomic E-state index is 0.219. The maximum Gasteiger partial charge on any atom is 0.0685 e. The number of hydrogen-bond acceptors (Lipinski definition) is 3. The quantitative estimate of drug-likeness (QED) is 0.905. The number of hydrogen-bond donors (Lipinski definition) is 1. The van der Waals surface area contributed by atoms with Gasteiger partial charge in [0.05, 0.1) is 5.60 Å². The van der Waals surface area contributed by atoms with Gasteiger partial charge in [0.15, 0.2) is 0 Å². The summed E-state index contributed by atoms with van der Waals surface area (Å²) in [6, 6.07) is 4.49. The number of aryl methyl sites for hydroxylation is 1. The zero-order chi connectivity index (χ0) is 13.1. The van der Waals surface area contributed by atoms with E-state index in [0.717, 1.165) is 25.9 Å². The van der Waals surface area contributed by atoms with Crippen LogP contribution in [0.3, 0.4) is 0 Å². The smallest absolute Gasteiger partial charge is 0.0685 e. The first-order valence-corrected chi connectivity index (χ1v) is 7.56. The molecular weight excluding hydrogens is 236 g/mol. The molecule has 2 heterocycles. The van der Waals surface area contributed by atoms with E-state index in [2.05, 4.69) is 17.1 Å². The van der Waals surface area contributed by atoms with Crippen LogP contribution < -0.4 is 5.73 Å². The lowest BCUT2D eigenvalue weighted by molar-refractivity contribution is -0.146. The summed E-state index contributed by atoms with van der Waals surface area (Å²) < 4.78 is 5.98. The highest BCUT2D eigenvalue weighted by molar-refractivity contribution is 5.10. The van der Waals surface area contributed by atoms with Gasteiger partial charge in [0.25, 0.3) is 0 Å². The Kier molecular flexibility index (Phi) is 3.85. The number of aromatic nitrogens is 1. The summed E-state index contributed by atoms with van der Waals surface area (Å²) in [7, 11) is 0. The summed E-state index contributed by atoms with van der Waals surface area (Å²) in [4.78, 5) is 4.05. The summed E-state index contributed by atoms with van der Waals surface area (Å²) in [5.74, 6) is 0.649. The SMILES string of the molecule is NC(CCc1ccncc1)C1CCOC2(CCC2)C1. The fourth-order valence-corrected chi connectivity index (χ4v) is 3.47. The summed E-state index contributed by atoms with van der Waals surface area (Å²) in [5, 5.41) is 0. The number of nitrogens with two attached hydrogens (primary N) is 1. The lowest BCUT2D eigenvalue weighted by Crippen LogP contribution is -2.49. The Labute approximate surface area is 115 Å². The van der Waals surface area contributed by atoms with Crippen LogP contribution in [0.15, 0.2) is 24.5 Å². The van der Waals surface area contributed by atoms with Crippen LogP contribution >= 0.6 is 0 Å². The van der Waals surface area contributed by atoms with Crippen LogP contribution in [0.5, 0.6) is 0 Å². The third-order valence-corrected chi connectivity index (χ3v) is 4.92. The molecule has 1 aliphatic heterocycles. The van der Waals surface area contributed by atoms with Crippen molar-refractivity contribution in [3.05, 3.63) is 30.1 Å². The minimum Gasteiger partial charge on any atom is -0.375 e. The molecule has 3 heteroatoms. The van der Waals surface area contributed by atoms with Gasteiger partial charge in [-0.3, -0.25) is 4.98 Å².